The Kier molecular flexibility index (Phi) is 2.48. The zero-order chi connectivity index (χ0) is 11.8. The van der Waals surface area contributed by atoms with Crippen molar-refractivity contribution in [1.82, 2.24) is 15.0 Å². The Morgan fingerprint density at radius 1 is 1.53 bits per heavy atom. The Balaban J connectivity index is 2.05. The minimum Gasteiger partial charge on any atom is -0.385 e. The van der Waals surface area contributed by atoms with Crippen LogP contribution in [0.25, 0.3) is 11.0 Å². The third-order valence-corrected chi connectivity index (χ3v) is 3.04. The molecule has 0 radical (unpaired) electrons. The fourth-order valence-electron chi connectivity index (χ4n) is 1.82. The lowest BCUT2D eigenvalue weighted by molar-refractivity contribution is 0.164. The Labute approximate surface area is 99.3 Å². The molecule has 2 aromatic rings. The molecule has 1 atom stereocenters. The summed E-state index contributed by atoms with van der Waals surface area (Å²) in [4.78, 5) is 11.8. The Morgan fingerprint density at radius 2 is 2.35 bits per heavy atom. The number of nitrogens with one attached hydrogen (secondary N) is 2. The zero-order valence-corrected chi connectivity index (χ0v) is 9.77. The average Bonchev–Trinajstić information content (AvgIpc) is 3.02. The van der Waals surface area contributed by atoms with E-state index in [2.05, 4.69) is 20.3 Å². The molecule has 0 bridgehead atoms. The molecule has 0 saturated heterocycles. The molecule has 3 N–H and O–H groups in total. The van der Waals surface area contributed by atoms with Crippen molar-refractivity contribution in [2.24, 2.45) is 0 Å². The molecule has 0 spiro atoms. The van der Waals surface area contributed by atoms with Crippen LogP contribution in [0.1, 0.15) is 38.1 Å². The van der Waals surface area contributed by atoms with Crippen molar-refractivity contribution in [3.05, 3.63) is 18.1 Å². The van der Waals surface area contributed by atoms with Crippen molar-refractivity contribution in [3.8, 4) is 0 Å². The van der Waals surface area contributed by atoms with Gasteiger partial charge in [0.05, 0.1) is 5.39 Å². The first-order valence-electron chi connectivity index (χ1n) is 6.07. The van der Waals surface area contributed by atoms with Crippen LogP contribution >= 0.6 is 0 Å². The Bertz CT molecular complexity index is 532. The summed E-state index contributed by atoms with van der Waals surface area (Å²) < 4.78 is 0. The molecule has 1 saturated carbocycles. The van der Waals surface area contributed by atoms with Crippen LogP contribution < -0.4 is 5.32 Å². The number of nitrogens with zero attached hydrogens (tertiary/aromatic N) is 2. The summed E-state index contributed by atoms with van der Waals surface area (Å²) in [6.07, 6.45) is 4.26. The predicted molar refractivity (Wildman–Crippen MR) is 65.8 cm³/mol. The summed E-state index contributed by atoms with van der Waals surface area (Å²) in [5.41, 5.74) is 0.783. The van der Waals surface area contributed by atoms with E-state index in [1.165, 1.54) is 12.8 Å². The van der Waals surface area contributed by atoms with Gasteiger partial charge in [0.25, 0.3) is 0 Å². The van der Waals surface area contributed by atoms with Crippen LogP contribution in [0, 0.1) is 0 Å². The number of aliphatic hydroxyl groups excluding tert-OH is 1. The highest BCUT2D eigenvalue weighted by molar-refractivity contribution is 5.87. The third kappa shape index (κ3) is 1.98. The van der Waals surface area contributed by atoms with E-state index < -0.39 is 6.10 Å². The number of H-pyrrole nitrogens is 1. The quantitative estimate of drug-likeness (QED) is 0.753. The number of hydrogen-bond acceptors (Lipinski definition) is 4. The van der Waals surface area contributed by atoms with E-state index in [1.807, 2.05) is 19.2 Å². The van der Waals surface area contributed by atoms with Gasteiger partial charge in [-0.1, -0.05) is 6.92 Å². The first kappa shape index (κ1) is 10.5. The molecule has 90 valence electrons. The highest BCUT2D eigenvalue weighted by Gasteiger charge is 2.23. The second-order valence-electron chi connectivity index (χ2n) is 4.51. The fourth-order valence-corrected chi connectivity index (χ4v) is 1.82. The van der Waals surface area contributed by atoms with Gasteiger partial charge < -0.3 is 15.4 Å². The minimum absolute atomic E-state index is 0.491. The lowest BCUT2D eigenvalue weighted by atomic mass is 10.2. The molecule has 5 nitrogen and oxygen atoms in total. The molecule has 0 aromatic carbocycles. The van der Waals surface area contributed by atoms with Crippen molar-refractivity contribution in [1.29, 1.82) is 0 Å². The smallest absolute Gasteiger partial charge is 0.161 e. The van der Waals surface area contributed by atoms with Gasteiger partial charge in [0, 0.05) is 12.2 Å². The summed E-state index contributed by atoms with van der Waals surface area (Å²) in [7, 11) is 0. The van der Waals surface area contributed by atoms with E-state index in [4.69, 9.17) is 0 Å². The van der Waals surface area contributed by atoms with E-state index >= 15 is 0 Å². The van der Waals surface area contributed by atoms with Crippen LogP contribution in [0.3, 0.4) is 0 Å². The first-order chi connectivity index (χ1) is 8.28. The third-order valence-electron chi connectivity index (χ3n) is 3.04. The van der Waals surface area contributed by atoms with Crippen molar-refractivity contribution in [2.75, 3.05) is 5.32 Å². The predicted octanol–water partition coefficient (Wildman–Crippen LogP) is 1.98. The van der Waals surface area contributed by atoms with Gasteiger partial charge in [0.1, 0.15) is 17.6 Å². The van der Waals surface area contributed by atoms with Gasteiger partial charge in [-0.2, -0.15) is 0 Å². The Hall–Kier alpha value is -1.62. The van der Waals surface area contributed by atoms with E-state index in [9.17, 15) is 5.11 Å². The van der Waals surface area contributed by atoms with Gasteiger partial charge in [-0.25, -0.2) is 9.97 Å². The highest BCUT2D eigenvalue weighted by Crippen LogP contribution is 2.28. The molecule has 1 fully saturated rings. The van der Waals surface area contributed by atoms with Crippen LogP contribution in [0.4, 0.5) is 5.82 Å². The van der Waals surface area contributed by atoms with Crippen LogP contribution in [-0.2, 0) is 0 Å². The summed E-state index contributed by atoms with van der Waals surface area (Å²) in [5.74, 6) is 1.33. The molecule has 1 aliphatic rings. The number of anilines is 1. The lowest BCUT2D eigenvalue weighted by Gasteiger charge is -2.10. The lowest BCUT2D eigenvalue weighted by Crippen LogP contribution is -2.09. The van der Waals surface area contributed by atoms with E-state index in [1.54, 1.807) is 0 Å². The molecule has 17 heavy (non-hydrogen) atoms. The zero-order valence-electron chi connectivity index (χ0n) is 9.77. The van der Waals surface area contributed by atoms with Crippen molar-refractivity contribution in [3.63, 3.8) is 0 Å². The van der Waals surface area contributed by atoms with E-state index in [0.717, 1.165) is 16.9 Å². The Morgan fingerprint density at radius 3 is 3.06 bits per heavy atom. The molecule has 0 amide bonds. The molecule has 1 unspecified atom stereocenters. The number of rotatable bonds is 4. The molecule has 1 aliphatic carbocycles. The van der Waals surface area contributed by atoms with E-state index in [0.29, 0.717) is 18.3 Å². The van der Waals surface area contributed by atoms with Crippen LogP contribution in [0.15, 0.2) is 12.3 Å². The molecular weight excluding hydrogens is 216 g/mol. The summed E-state index contributed by atoms with van der Waals surface area (Å²) in [6, 6.07) is 2.50. The number of hydrogen-bond donors (Lipinski definition) is 3. The number of aromatic amines is 1. The largest absolute Gasteiger partial charge is 0.385 e. The first-order valence-corrected chi connectivity index (χ1v) is 6.07. The molecule has 0 aliphatic heterocycles. The normalized spacial score (nSPS) is 17.3. The highest BCUT2D eigenvalue weighted by atomic mass is 16.3. The van der Waals surface area contributed by atoms with Crippen LogP contribution in [0.2, 0.25) is 0 Å². The minimum atomic E-state index is -0.595. The van der Waals surface area contributed by atoms with Gasteiger partial charge in [0.15, 0.2) is 5.82 Å². The maximum atomic E-state index is 9.83. The van der Waals surface area contributed by atoms with Crippen LogP contribution in [0.5, 0.6) is 0 Å². The molecule has 2 aromatic heterocycles. The topological polar surface area (TPSA) is 73.8 Å². The molecule has 3 rings (SSSR count). The van der Waals surface area contributed by atoms with Crippen molar-refractivity contribution >= 4 is 16.9 Å². The van der Waals surface area contributed by atoms with Gasteiger partial charge in [-0.05, 0) is 25.3 Å². The number of aliphatic hydroxyl groups is 1. The van der Waals surface area contributed by atoms with E-state index in [-0.39, 0.29) is 0 Å². The van der Waals surface area contributed by atoms with Crippen LogP contribution in [-0.4, -0.2) is 26.1 Å². The second kappa shape index (κ2) is 4.00. The standard InChI is InChI=1S/C12H16N4O/c1-2-9(17)12-15-10-8(5-6-13-10)11(16-12)14-7-3-4-7/h5-7,9,17H,2-4H2,1H3,(H2,13,14,15,16). The van der Waals surface area contributed by atoms with Crippen molar-refractivity contribution in [2.45, 2.75) is 38.3 Å². The number of fused-ring (bicyclic) bond motifs is 1. The van der Waals surface area contributed by atoms with Crippen molar-refractivity contribution < 1.29 is 5.11 Å². The summed E-state index contributed by atoms with van der Waals surface area (Å²) >= 11 is 0. The molecular formula is C12H16N4O. The maximum absolute atomic E-state index is 9.83. The van der Waals surface area contributed by atoms with Gasteiger partial charge >= 0.3 is 0 Å². The van der Waals surface area contributed by atoms with Gasteiger partial charge in [0.2, 0.25) is 0 Å². The molecule has 5 heteroatoms. The average molecular weight is 232 g/mol. The number of aromatic nitrogens is 3. The SMILES string of the molecule is CCC(O)c1nc(NC2CC2)c2cc[nH]c2n1. The van der Waals surface area contributed by atoms with Gasteiger partial charge in [-0.15, -0.1) is 0 Å². The second-order valence-corrected chi connectivity index (χ2v) is 4.51. The maximum Gasteiger partial charge on any atom is 0.161 e. The summed E-state index contributed by atoms with van der Waals surface area (Å²) in [5, 5.41) is 14.2. The van der Waals surface area contributed by atoms with Gasteiger partial charge in [-0.3, -0.25) is 0 Å². The summed E-state index contributed by atoms with van der Waals surface area (Å²) in [6.45, 7) is 1.92. The fraction of sp³-hybridized carbons (Fsp3) is 0.500. The molecule has 2 heterocycles. The monoisotopic (exact) mass is 232 g/mol.